The molecule has 4 aromatic rings. The number of imidazole rings is 1. The molecular formula is C24H24N4O3S. The molecule has 0 aliphatic rings. The zero-order valence-corrected chi connectivity index (χ0v) is 18.9. The van der Waals surface area contributed by atoms with Gasteiger partial charge in [-0.1, -0.05) is 29.8 Å². The van der Waals surface area contributed by atoms with E-state index in [4.69, 9.17) is 4.98 Å². The van der Waals surface area contributed by atoms with E-state index >= 15 is 0 Å². The van der Waals surface area contributed by atoms with E-state index in [1.54, 1.807) is 48.5 Å². The van der Waals surface area contributed by atoms with Crippen LogP contribution in [0.5, 0.6) is 0 Å². The molecule has 7 nitrogen and oxygen atoms in total. The number of nitrogens with zero attached hydrogens (tertiary/aromatic N) is 2. The van der Waals surface area contributed by atoms with Gasteiger partial charge in [-0.2, -0.15) is 0 Å². The number of benzene rings is 3. The van der Waals surface area contributed by atoms with Crippen LogP contribution in [0, 0.1) is 6.92 Å². The summed E-state index contributed by atoms with van der Waals surface area (Å²) in [6.45, 7) is 4.35. The molecular weight excluding hydrogens is 424 g/mol. The Morgan fingerprint density at radius 3 is 2.34 bits per heavy atom. The Kier molecular flexibility index (Phi) is 5.71. The SMILES string of the molecule is CCNC(=O)c1ccc(-c2nc3cc(NS(=O)(=O)c4ccc(C)cc4)ccc3n2C)cc1. The van der Waals surface area contributed by atoms with Crippen LogP contribution in [-0.2, 0) is 17.1 Å². The van der Waals surface area contributed by atoms with Crippen LogP contribution in [-0.4, -0.2) is 30.4 Å². The van der Waals surface area contributed by atoms with Gasteiger partial charge < -0.3 is 9.88 Å². The third kappa shape index (κ3) is 4.22. The minimum Gasteiger partial charge on any atom is -0.352 e. The number of aromatic nitrogens is 2. The first kappa shape index (κ1) is 21.6. The van der Waals surface area contributed by atoms with Crippen LogP contribution >= 0.6 is 0 Å². The molecule has 0 saturated heterocycles. The Morgan fingerprint density at radius 2 is 1.69 bits per heavy atom. The van der Waals surface area contributed by atoms with Crippen molar-refractivity contribution < 1.29 is 13.2 Å². The number of carbonyl (C=O) groups is 1. The molecule has 0 spiro atoms. The molecule has 0 unspecified atom stereocenters. The Morgan fingerprint density at radius 1 is 1.00 bits per heavy atom. The van der Waals surface area contributed by atoms with Crippen molar-refractivity contribution in [3.05, 3.63) is 77.9 Å². The van der Waals surface area contributed by atoms with E-state index in [1.807, 2.05) is 43.7 Å². The molecule has 2 N–H and O–H groups in total. The van der Waals surface area contributed by atoms with Crippen molar-refractivity contribution in [1.29, 1.82) is 0 Å². The van der Waals surface area contributed by atoms with Crippen LogP contribution in [0.3, 0.4) is 0 Å². The van der Waals surface area contributed by atoms with Gasteiger partial charge in [0.1, 0.15) is 5.82 Å². The van der Waals surface area contributed by atoms with Crippen molar-refractivity contribution in [1.82, 2.24) is 14.9 Å². The van der Waals surface area contributed by atoms with E-state index in [0.717, 1.165) is 22.5 Å². The fraction of sp³-hybridized carbons (Fsp3) is 0.167. The second kappa shape index (κ2) is 8.47. The van der Waals surface area contributed by atoms with Gasteiger partial charge in [0.15, 0.2) is 0 Å². The quantitative estimate of drug-likeness (QED) is 0.464. The van der Waals surface area contributed by atoms with E-state index < -0.39 is 10.0 Å². The molecule has 1 amide bonds. The first-order chi connectivity index (χ1) is 15.3. The Labute approximate surface area is 187 Å². The van der Waals surface area contributed by atoms with Gasteiger partial charge in [-0.05, 0) is 56.3 Å². The predicted molar refractivity (Wildman–Crippen MR) is 126 cm³/mol. The number of hydrogen-bond donors (Lipinski definition) is 2. The number of rotatable bonds is 6. The Bertz CT molecular complexity index is 1390. The average Bonchev–Trinajstić information content (AvgIpc) is 3.10. The minimum absolute atomic E-state index is 0.116. The Hall–Kier alpha value is -3.65. The molecule has 1 aromatic heterocycles. The molecule has 0 radical (unpaired) electrons. The van der Waals surface area contributed by atoms with Gasteiger partial charge in [0, 0.05) is 24.7 Å². The number of hydrogen-bond acceptors (Lipinski definition) is 4. The van der Waals surface area contributed by atoms with E-state index in [-0.39, 0.29) is 10.8 Å². The zero-order valence-electron chi connectivity index (χ0n) is 18.1. The smallest absolute Gasteiger partial charge is 0.261 e. The number of amides is 1. The van der Waals surface area contributed by atoms with Crippen molar-refractivity contribution in [2.45, 2.75) is 18.7 Å². The summed E-state index contributed by atoms with van der Waals surface area (Å²) in [6.07, 6.45) is 0. The van der Waals surface area contributed by atoms with Crippen molar-refractivity contribution in [3.63, 3.8) is 0 Å². The van der Waals surface area contributed by atoms with Crippen LogP contribution in [0.1, 0.15) is 22.8 Å². The summed E-state index contributed by atoms with van der Waals surface area (Å²) in [5.74, 6) is 0.607. The van der Waals surface area contributed by atoms with Gasteiger partial charge in [-0.15, -0.1) is 0 Å². The maximum absolute atomic E-state index is 12.7. The molecule has 0 bridgehead atoms. The summed E-state index contributed by atoms with van der Waals surface area (Å²) < 4.78 is 30.0. The largest absolute Gasteiger partial charge is 0.352 e. The second-order valence-corrected chi connectivity index (χ2v) is 9.24. The van der Waals surface area contributed by atoms with E-state index in [1.165, 1.54) is 0 Å². The van der Waals surface area contributed by atoms with Crippen LogP contribution in [0.2, 0.25) is 0 Å². The summed E-state index contributed by atoms with van der Waals surface area (Å²) in [5, 5.41) is 2.78. The van der Waals surface area contributed by atoms with Gasteiger partial charge in [0.2, 0.25) is 0 Å². The van der Waals surface area contributed by atoms with Gasteiger partial charge in [-0.25, -0.2) is 13.4 Å². The van der Waals surface area contributed by atoms with Crippen molar-refractivity contribution in [2.24, 2.45) is 7.05 Å². The number of anilines is 1. The maximum Gasteiger partial charge on any atom is 0.261 e. The van der Waals surface area contributed by atoms with Gasteiger partial charge in [0.25, 0.3) is 15.9 Å². The van der Waals surface area contributed by atoms with Crippen molar-refractivity contribution in [2.75, 3.05) is 11.3 Å². The third-order valence-corrected chi connectivity index (χ3v) is 6.60. The minimum atomic E-state index is -3.69. The monoisotopic (exact) mass is 448 g/mol. The zero-order chi connectivity index (χ0) is 22.9. The normalized spacial score (nSPS) is 11.5. The summed E-state index contributed by atoms with van der Waals surface area (Å²) in [5.41, 5.74) is 4.41. The highest BCUT2D eigenvalue weighted by Crippen LogP contribution is 2.27. The van der Waals surface area contributed by atoms with Crippen LogP contribution in [0.15, 0.2) is 71.6 Å². The fourth-order valence-corrected chi connectivity index (χ4v) is 4.54. The lowest BCUT2D eigenvalue weighted by Gasteiger charge is -2.08. The van der Waals surface area contributed by atoms with Gasteiger partial charge in [0.05, 0.1) is 21.6 Å². The standard InChI is InChI=1S/C24H24N4O3S/c1-4-25-24(29)18-9-7-17(8-10-18)23-26-21-15-19(11-14-22(21)28(23)3)27-32(30,31)20-12-5-16(2)6-13-20/h5-15,27H,4H2,1-3H3,(H,25,29). The lowest BCUT2D eigenvalue weighted by atomic mass is 10.1. The highest BCUT2D eigenvalue weighted by molar-refractivity contribution is 7.92. The summed E-state index contributed by atoms with van der Waals surface area (Å²) in [4.78, 5) is 16.9. The molecule has 0 aliphatic heterocycles. The molecule has 3 aromatic carbocycles. The molecule has 8 heteroatoms. The topological polar surface area (TPSA) is 93.1 Å². The second-order valence-electron chi connectivity index (χ2n) is 7.55. The first-order valence-electron chi connectivity index (χ1n) is 10.2. The number of sulfonamides is 1. The third-order valence-electron chi connectivity index (χ3n) is 5.21. The number of carbonyl (C=O) groups excluding carboxylic acids is 1. The molecule has 4 rings (SSSR count). The number of nitrogens with one attached hydrogen (secondary N) is 2. The molecule has 0 saturated carbocycles. The Balaban J connectivity index is 1.63. The molecule has 0 aliphatic carbocycles. The number of aryl methyl sites for hydroxylation is 2. The van der Waals surface area contributed by atoms with Gasteiger partial charge in [-0.3, -0.25) is 9.52 Å². The average molecular weight is 449 g/mol. The lowest BCUT2D eigenvalue weighted by Crippen LogP contribution is -2.22. The van der Waals surface area contributed by atoms with E-state index in [2.05, 4.69) is 10.0 Å². The maximum atomic E-state index is 12.7. The summed E-state index contributed by atoms with van der Waals surface area (Å²) in [6, 6.07) is 19.2. The summed E-state index contributed by atoms with van der Waals surface area (Å²) in [7, 11) is -1.79. The summed E-state index contributed by atoms with van der Waals surface area (Å²) >= 11 is 0. The fourth-order valence-electron chi connectivity index (χ4n) is 3.49. The highest BCUT2D eigenvalue weighted by atomic mass is 32.2. The van der Waals surface area contributed by atoms with E-state index in [0.29, 0.717) is 23.3 Å². The molecule has 0 fully saturated rings. The molecule has 0 atom stereocenters. The lowest BCUT2D eigenvalue weighted by molar-refractivity contribution is 0.0956. The van der Waals surface area contributed by atoms with Crippen LogP contribution in [0.25, 0.3) is 22.4 Å². The predicted octanol–water partition coefficient (Wildman–Crippen LogP) is 4.10. The first-order valence-corrected chi connectivity index (χ1v) is 11.7. The van der Waals surface area contributed by atoms with Crippen molar-refractivity contribution in [3.8, 4) is 11.4 Å². The van der Waals surface area contributed by atoms with E-state index in [9.17, 15) is 13.2 Å². The van der Waals surface area contributed by atoms with Gasteiger partial charge >= 0.3 is 0 Å². The highest BCUT2D eigenvalue weighted by Gasteiger charge is 2.16. The molecule has 164 valence electrons. The van der Waals surface area contributed by atoms with Crippen LogP contribution in [0.4, 0.5) is 5.69 Å². The molecule has 1 heterocycles. The molecule has 32 heavy (non-hydrogen) atoms. The number of fused-ring (bicyclic) bond motifs is 1. The van der Waals surface area contributed by atoms with Crippen LogP contribution < -0.4 is 10.0 Å². The van der Waals surface area contributed by atoms with Crippen molar-refractivity contribution >= 4 is 32.7 Å².